The molecule has 170 valence electrons. The Kier molecular flexibility index (Phi) is 5.84. The Labute approximate surface area is 191 Å². The van der Waals surface area contributed by atoms with Crippen molar-refractivity contribution in [3.8, 4) is 5.69 Å². The molecule has 2 aromatic carbocycles. The Morgan fingerprint density at radius 1 is 0.970 bits per heavy atom. The van der Waals surface area contributed by atoms with E-state index in [0.717, 1.165) is 16.2 Å². The van der Waals surface area contributed by atoms with E-state index in [1.54, 1.807) is 61.1 Å². The first kappa shape index (κ1) is 22.4. The third kappa shape index (κ3) is 3.92. The molecular weight excluding hydrogens is 423 g/mol. The molecule has 33 heavy (non-hydrogen) atoms. The molecule has 0 spiro atoms. The highest BCUT2D eigenvalue weighted by molar-refractivity contribution is 6.22. The molecule has 4 rings (SSSR count). The van der Waals surface area contributed by atoms with Gasteiger partial charge in [0.2, 0.25) is 5.91 Å². The highest BCUT2D eigenvalue weighted by Gasteiger charge is 2.44. The Hall–Kier alpha value is -3.81. The lowest BCUT2D eigenvalue weighted by Gasteiger charge is -2.29. The van der Waals surface area contributed by atoms with E-state index in [-0.39, 0.29) is 11.7 Å². The fourth-order valence-corrected chi connectivity index (χ4v) is 4.25. The zero-order valence-electron chi connectivity index (χ0n) is 18.9. The molecule has 0 fully saturated rings. The average molecular weight is 448 g/mol. The number of carbonyl (C=O) groups excluding carboxylic acids is 3. The van der Waals surface area contributed by atoms with E-state index < -0.39 is 29.8 Å². The normalized spacial score (nSPS) is 15.0. The van der Waals surface area contributed by atoms with Gasteiger partial charge in [0.05, 0.1) is 29.1 Å². The van der Waals surface area contributed by atoms with Gasteiger partial charge in [0, 0.05) is 11.3 Å². The van der Waals surface area contributed by atoms with E-state index in [1.807, 2.05) is 13.8 Å². The first-order valence-electron chi connectivity index (χ1n) is 10.8. The van der Waals surface area contributed by atoms with Crippen molar-refractivity contribution < 1.29 is 18.8 Å². The van der Waals surface area contributed by atoms with Gasteiger partial charge in [-0.25, -0.2) is 9.07 Å². The topological polar surface area (TPSA) is 84.3 Å². The molecule has 1 aliphatic heterocycles. The molecule has 3 amide bonds. The monoisotopic (exact) mass is 448 g/mol. The Bertz CT molecular complexity index is 1200. The molecule has 1 aromatic heterocycles. The van der Waals surface area contributed by atoms with Crippen molar-refractivity contribution in [3.05, 3.63) is 82.9 Å². The van der Waals surface area contributed by atoms with Gasteiger partial charge in [-0.3, -0.25) is 19.3 Å². The number of rotatable bonds is 6. The molecule has 0 aliphatic carbocycles. The van der Waals surface area contributed by atoms with Gasteiger partial charge in [0.1, 0.15) is 11.9 Å². The summed E-state index contributed by atoms with van der Waals surface area (Å²) in [6, 6.07) is 11.2. The van der Waals surface area contributed by atoms with Crippen LogP contribution in [-0.4, -0.2) is 38.4 Å². The van der Waals surface area contributed by atoms with Gasteiger partial charge in [0.15, 0.2) is 0 Å². The molecule has 7 nitrogen and oxygen atoms in total. The second-order valence-electron chi connectivity index (χ2n) is 8.52. The molecule has 2 unspecified atom stereocenters. The lowest BCUT2D eigenvalue weighted by atomic mass is 10.0. The van der Waals surface area contributed by atoms with Crippen molar-refractivity contribution in [1.29, 1.82) is 0 Å². The summed E-state index contributed by atoms with van der Waals surface area (Å²) in [5, 5.41) is 7.32. The molecule has 8 heteroatoms. The second kappa shape index (κ2) is 8.61. The van der Waals surface area contributed by atoms with Gasteiger partial charge in [-0.2, -0.15) is 5.10 Å². The number of nitrogens with one attached hydrogen (secondary N) is 1. The van der Waals surface area contributed by atoms with Crippen molar-refractivity contribution in [3.63, 3.8) is 0 Å². The van der Waals surface area contributed by atoms with Crippen molar-refractivity contribution in [2.24, 2.45) is 5.92 Å². The molecule has 0 saturated heterocycles. The fourth-order valence-electron chi connectivity index (χ4n) is 4.25. The van der Waals surface area contributed by atoms with Crippen molar-refractivity contribution >= 4 is 17.7 Å². The largest absolute Gasteiger partial charge is 0.348 e. The number of amides is 3. The van der Waals surface area contributed by atoms with Gasteiger partial charge in [-0.15, -0.1) is 0 Å². The van der Waals surface area contributed by atoms with Gasteiger partial charge < -0.3 is 5.32 Å². The smallest absolute Gasteiger partial charge is 0.262 e. The van der Waals surface area contributed by atoms with Gasteiger partial charge >= 0.3 is 0 Å². The van der Waals surface area contributed by atoms with Crippen LogP contribution in [0.4, 0.5) is 4.39 Å². The molecule has 0 radical (unpaired) electrons. The summed E-state index contributed by atoms with van der Waals surface area (Å²) >= 11 is 0. The third-order valence-electron chi connectivity index (χ3n) is 5.95. The number of halogens is 1. The highest BCUT2D eigenvalue weighted by Crippen LogP contribution is 2.28. The first-order chi connectivity index (χ1) is 15.7. The van der Waals surface area contributed by atoms with Crippen LogP contribution in [-0.2, 0) is 4.79 Å². The molecule has 0 saturated carbocycles. The van der Waals surface area contributed by atoms with E-state index in [2.05, 4.69) is 10.4 Å². The molecule has 1 aliphatic rings. The number of nitrogens with zero attached hydrogens (tertiary/aromatic N) is 3. The van der Waals surface area contributed by atoms with Crippen LogP contribution in [0.3, 0.4) is 0 Å². The summed E-state index contributed by atoms with van der Waals surface area (Å²) < 4.78 is 14.9. The minimum atomic E-state index is -0.952. The number of hydrogen-bond acceptors (Lipinski definition) is 4. The maximum Gasteiger partial charge on any atom is 0.262 e. The average Bonchev–Trinajstić information content (AvgIpc) is 3.28. The standard InChI is InChI=1S/C25H25FN4O3/c1-14(2)22(29-24(32)19-7-5-6-8-20(19)25(29)33)23(31)28-15(3)21-13-27-30(16(21)4)18-11-9-17(26)10-12-18/h5-15,22H,1-4H3,(H,28,31). The zero-order valence-corrected chi connectivity index (χ0v) is 18.9. The molecule has 2 heterocycles. The summed E-state index contributed by atoms with van der Waals surface area (Å²) in [7, 11) is 0. The van der Waals surface area contributed by atoms with Gasteiger partial charge in [-0.1, -0.05) is 26.0 Å². The number of imide groups is 1. The summed E-state index contributed by atoms with van der Waals surface area (Å²) in [6.07, 6.45) is 1.65. The fraction of sp³-hybridized carbons (Fsp3) is 0.280. The molecule has 1 N–H and O–H groups in total. The second-order valence-corrected chi connectivity index (χ2v) is 8.52. The minimum absolute atomic E-state index is 0.289. The Morgan fingerprint density at radius 2 is 1.55 bits per heavy atom. The van der Waals surface area contributed by atoms with Crippen LogP contribution in [0.5, 0.6) is 0 Å². The number of fused-ring (bicyclic) bond motifs is 1. The maximum atomic E-state index is 13.3. The van der Waals surface area contributed by atoms with E-state index in [1.165, 1.54) is 12.1 Å². The van der Waals surface area contributed by atoms with Crippen LogP contribution >= 0.6 is 0 Å². The van der Waals surface area contributed by atoms with Crippen molar-refractivity contribution in [2.45, 2.75) is 39.8 Å². The van der Waals surface area contributed by atoms with E-state index in [4.69, 9.17) is 0 Å². The van der Waals surface area contributed by atoms with Crippen molar-refractivity contribution in [2.75, 3.05) is 0 Å². The summed E-state index contributed by atoms with van der Waals surface area (Å²) in [4.78, 5) is 40.2. The summed E-state index contributed by atoms with van der Waals surface area (Å²) in [5.41, 5.74) is 2.88. The van der Waals surface area contributed by atoms with Crippen LogP contribution in [0.25, 0.3) is 5.69 Å². The zero-order chi connectivity index (χ0) is 23.9. The first-order valence-corrected chi connectivity index (χ1v) is 10.8. The molecule has 2 atom stereocenters. The summed E-state index contributed by atoms with van der Waals surface area (Å²) in [6.45, 7) is 7.28. The molecule has 3 aromatic rings. The van der Waals surface area contributed by atoms with E-state index in [9.17, 15) is 18.8 Å². The lowest BCUT2D eigenvalue weighted by molar-refractivity contribution is -0.127. The SMILES string of the molecule is Cc1c(C(C)NC(=O)C(C(C)C)N2C(=O)c3ccccc3C2=O)cnn1-c1ccc(F)cc1. The van der Waals surface area contributed by atoms with E-state index >= 15 is 0 Å². The van der Waals surface area contributed by atoms with Gasteiger partial charge in [0.25, 0.3) is 11.8 Å². The lowest BCUT2D eigenvalue weighted by Crippen LogP contribution is -2.52. The van der Waals surface area contributed by atoms with Crippen LogP contribution in [0.15, 0.2) is 54.7 Å². The Balaban J connectivity index is 1.56. The predicted octanol–water partition coefficient (Wildman–Crippen LogP) is 3.82. The van der Waals surface area contributed by atoms with Gasteiger partial charge in [-0.05, 0) is 56.2 Å². The Morgan fingerprint density at radius 3 is 2.09 bits per heavy atom. The van der Waals surface area contributed by atoms with Crippen LogP contribution in [0.2, 0.25) is 0 Å². The van der Waals surface area contributed by atoms with Crippen LogP contribution < -0.4 is 5.32 Å². The number of carbonyl (C=O) groups is 3. The number of benzene rings is 2. The molecule has 0 bridgehead atoms. The minimum Gasteiger partial charge on any atom is -0.348 e. The number of hydrogen-bond donors (Lipinski definition) is 1. The summed E-state index contributed by atoms with van der Waals surface area (Å²) in [5.74, 6) is -1.96. The number of aromatic nitrogens is 2. The van der Waals surface area contributed by atoms with E-state index in [0.29, 0.717) is 16.8 Å². The van der Waals surface area contributed by atoms with Crippen LogP contribution in [0.1, 0.15) is 58.8 Å². The predicted molar refractivity (Wildman–Crippen MR) is 120 cm³/mol. The van der Waals surface area contributed by atoms with Crippen molar-refractivity contribution in [1.82, 2.24) is 20.0 Å². The maximum absolute atomic E-state index is 13.3. The third-order valence-corrected chi connectivity index (χ3v) is 5.95. The quantitative estimate of drug-likeness (QED) is 0.581. The van der Waals surface area contributed by atoms with Crippen LogP contribution in [0, 0.1) is 18.7 Å². The molecular formula is C25H25FN4O3. The highest BCUT2D eigenvalue weighted by atomic mass is 19.1.